The number of benzene rings is 2. The topological polar surface area (TPSA) is 25.2 Å². The maximum Gasteiger partial charge on any atom is 0.141 e. The molecule has 0 fully saturated rings. The first-order valence-corrected chi connectivity index (χ1v) is 7.89. The molecule has 23 heavy (non-hydrogen) atoms. The highest BCUT2D eigenvalue weighted by Gasteiger charge is 2.08. The molecular weight excluding hydrogens is 360 g/mol. The van der Waals surface area contributed by atoms with E-state index in [1.54, 1.807) is 24.3 Å². The van der Waals surface area contributed by atoms with Crippen molar-refractivity contribution in [3.05, 3.63) is 75.2 Å². The second-order valence-corrected chi connectivity index (χ2v) is 6.19. The highest BCUT2D eigenvalue weighted by Crippen LogP contribution is 2.27. The van der Waals surface area contributed by atoms with Crippen LogP contribution in [0.5, 0.6) is 0 Å². The Labute approximate surface area is 147 Å². The van der Waals surface area contributed by atoms with Crippen molar-refractivity contribution in [1.82, 2.24) is 0 Å². The van der Waals surface area contributed by atoms with E-state index in [4.69, 9.17) is 39.2 Å². The van der Waals surface area contributed by atoms with Gasteiger partial charge >= 0.3 is 0 Å². The number of nitrogens with one attached hydrogen (secondary N) is 1. The van der Waals surface area contributed by atoms with Gasteiger partial charge in [0.05, 0.1) is 11.6 Å². The highest BCUT2D eigenvalue weighted by atomic mass is 35.5. The number of halogens is 4. The van der Waals surface area contributed by atoms with Crippen molar-refractivity contribution in [3.63, 3.8) is 0 Å². The van der Waals surface area contributed by atoms with Gasteiger partial charge in [0.15, 0.2) is 0 Å². The molecule has 3 rings (SSSR count). The summed E-state index contributed by atoms with van der Waals surface area (Å²) >= 11 is 17.7. The lowest BCUT2D eigenvalue weighted by Gasteiger charge is -2.06. The van der Waals surface area contributed by atoms with Crippen molar-refractivity contribution >= 4 is 40.5 Å². The molecule has 0 atom stereocenters. The molecule has 2 aromatic carbocycles. The lowest BCUT2D eigenvalue weighted by atomic mass is 10.2. The van der Waals surface area contributed by atoms with Crippen LogP contribution in [0, 0.1) is 5.82 Å². The van der Waals surface area contributed by atoms with Crippen LogP contribution >= 0.6 is 34.8 Å². The summed E-state index contributed by atoms with van der Waals surface area (Å²) in [6, 6.07) is 13.3. The predicted octanol–water partition coefficient (Wildman–Crippen LogP) is 6.66. The highest BCUT2D eigenvalue weighted by molar-refractivity contribution is 6.35. The second-order valence-electron chi connectivity index (χ2n) is 4.91. The molecule has 0 unspecified atom stereocenters. The molecule has 0 aliphatic rings. The average Bonchev–Trinajstić information content (AvgIpc) is 2.96. The van der Waals surface area contributed by atoms with Gasteiger partial charge in [-0.1, -0.05) is 34.8 Å². The van der Waals surface area contributed by atoms with E-state index >= 15 is 0 Å². The molecule has 1 heterocycles. The summed E-state index contributed by atoms with van der Waals surface area (Å²) in [6.07, 6.45) is 0. The first kappa shape index (κ1) is 16.2. The molecule has 0 spiro atoms. The Morgan fingerprint density at radius 2 is 1.65 bits per heavy atom. The Morgan fingerprint density at radius 1 is 0.913 bits per heavy atom. The SMILES string of the molecule is Fc1ccc(-c2ccc(CNc3cc(Cl)cc(Cl)c3)o2)cc1Cl. The van der Waals surface area contributed by atoms with Crippen LogP contribution in [-0.2, 0) is 6.54 Å². The smallest absolute Gasteiger partial charge is 0.141 e. The summed E-state index contributed by atoms with van der Waals surface area (Å²) in [4.78, 5) is 0. The Morgan fingerprint density at radius 3 is 2.35 bits per heavy atom. The van der Waals surface area contributed by atoms with Crippen molar-refractivity contribution < 1.29 is 8.81 Å². The number of rotatable bonds is 4. The van der Waals surface area contributed by atoms with Gasteiger partial charge in [-0.25, -0.2) is 4.39 Å². The van der Waals surface area contributed by atoms with Crippen LogP contribution in [0.3, 0.4) is 0 Å². The van der Waals surface area contributed by atoms with Crippen LogP contribution in [0.25, 0.3) is 11.3 Å². The number of hydrogen-bond donors (Lipinski definition) is 1. The number of anilines is 1. The third kappa shape index (κ3) is 3.99. The fourth-order valence-electron chi connectivity index (χ4n) is 2.12. The molecule has 6 heteroatoms. The molecule has 0 saturated heterocycles. The molecule has 1 N–H and O–H groups in total. The fourth-order valence-corrected chi connectivity index (χ4v) is 2.83. The quantitative estimate of drug-likeness (QED) is 0.555. The Balaban J connectivity index is 1.73. The first-order chi connectivity index (χ1) is 11.0. The third-order valence-corrected chi connectivity index (χ3v) is 3.92. The standard InChI is InChI=1S/C17H11Cl3FNO/c18-11-6-12(19)8-13(7-11)22-9-14-2-4-17(23-14)10-1-3-16(21)15(20)5-10/h1-8,22H,9H2. The molecule has 1 aromatic heterocycles. The molecule has 2 nitrogen and oxygen atoms in total. The van der Waals surface area contributed by atoms with E-state index in [0.717, 1.165) is 11.4 Å². The average molecular weight is 371 g/mol. The molecule has 0 bridgehead atoms. The van der Waals surface area contributed by atoms with Crippen LogP contribution in [0.15, 0.2) is 52.9 Å². The normalized spacial score (nSPS) is 10.8. The van der Waals surface area contributed by atoms with E-state index in [2.05, 4.69) is 5.32 Å². The summed E-state index contributed by atoms with van der Waals surface area (Å²) < 4.78 is 18.9. The van der Waals surface area contributed by atoms with E-state index in [1.165, 1.54) is 12.1 Å². The van der Waals surface area contributed by atoms with E-state index in [-0.39, 0.29) is 5.02 Å². The monoisotopic (exact) mass is 369 g/mol. The second kappa shape index (κ2) is 6.83. The van der Waals surface area contributed by atoms with Crippen LogP contribution in [0.4, 0.5) is 10.1 Å². The fraction of sp³-hybridized carbons (Fsp3) is 0.0588. The van der Waals surface area contributed by atoms with E-state index < -0.39 is 5.82 Å². The minimum Gasteiger partial charge on any atom is -0.459 e. The molecule has 0 aliphatic heterocycles. The van der Waals surface area contributed by atoms with Gasteiger partial charge in [0.1, 0.15) is 17.3 Å². The number of furan rings is 1. The molecule has 118 valence electrons. The van der Waals surface area contributed by atoms with Gasteiger partial charge in [0, 0.05) is 21.3 Å². The van der Waals surface area contributed by atoms with Gasteiger partial charge in [-0.15, -0.1) is 0 Å². The molecule has 0 radical (unpaired) electrons. The van der Waals surface area contributed by atoms with Crippen molar-refractivity contribution in [3.8, 4) is 11.3 Å². The Bertz CT molecular complexity index is 827. The van der Waals surface area contributed by atoms with Gasteiger partial charge in [0.25, 0.3) is 0 Å². The van der Waals surface area contributed by atoms with E-state index in [0.29, 0.717) is 27.9 Å². The van der Waals surface area contributed by atoms with Crippen molar-refractivity contribution in [2.45, 2.75) is 6.54 Å². The maximum absolute atomic E-state index is 13.2. The predicted molar refractivity (Wildman–Crippen MR) is 92.9 cm³/mol. The first-order valence-electron chi connectivity index (χ1n) is 6.75. The van der Waals surface area contributed by atoms with Gasteiger partial charge < -0.3 is 9.73 Å². The zero-order valence-electron chi connectivity index (χ0n) is 11.7. The molecular formula is C17H11Cl3FNO. The molecule has 3 aromatic rings. The zero-order valence-corrected chi connectivity index (χ0v) is 14.0. The number of hydrogen-bond acceptors (Lipinski definition) is 2. The summed E-state index contributed by atoms with van der Waals surface area (Å²) in [7, 11) is 0. The van der Waals surface area contributed by atoms with Gasteiger partial charge in [0.2, 0.25) is 0 Å². The Kier molecular flexibility index (Phi) is 4.81. The molecule has 0 aliphatic carbocycles. The Hall–Kier alpha value is -1.68. The van der Waals surface area contributed by atoms with E-state index in [1.807, 2.05) is 12.1 Å². The van der Waals surface area contributed by atoms with Gasteiger partial charge in [-0.2, -0.15) is 0 Å². The van der Waals surface area contributed by atoms with Crippen molar-refractivity contribution in [2.75, 3.05) is 5.32 Å². The van der Waals surface area contributed by atoms with Crippen LogP contribution in [0.1, 0.15) is 5.76 Å². The minimum atomic E-state index is -0.457. The van der Waals surface area contributed by atoms with Crippen molar-refractivity contribution in [1.29, 1.82) is 0 Å². The van der Waals surface area contributed by atoms with E-state index in [9.17, 15) is 4.39 Å². The summed E-state index contributed by atoms with van der Waals surface area (Å²) in [5, 5.41) is 4.35. The van der Waals surface area contributed by atoms with Gasteiger partial charge in [-0.3, -0.25) is 0 Å². The zero-order chi connectivity index (χ0) is 16.4. The lowest BCUT2D eigenvalue weighted by Crippen LogP contribution is -1.97. The third-order valence-electron chi connectivity index (χ3n) is 3.20. The largest absolute Gasteiger partial charge is 0.459 e. The van der Waals surface area contributed by atoms with Crippen LogP contribution < -0.4 is 5.32 Å². The maximum atomic E-state index is 13.2. The summed E-state index contributed by atoms with van der Waals surface area (Å²) in [5.41, 5.74) is 1.51. The molecule has 0 saturated carbocycles. The van der Waals surface area contributed by atoms with Gasteiger partial charge in [-0.05, 0) is 48.5 Å². The minimum absolute atomic E-state index is 0.0622. The summed E-state index contributed by atoms with van der Waals surface area (Å²) in [6.45, 7) is 0.464. The van der Waals surface area contributed by atoms with Crippen LogP contribution in [0.2, 0.25) is 15.1 Å². The summed E-state index contributed by atoms with van der Waals surface area (Å²) in [5.74, 6) is 0.881. The lowest BCUT2D eigenvalue weighted by molar-refractivity contribution is 0.531. The van der Waals surface area contributed by atoms with Crippen LogP contribution in [-0.4, -0.2) is 0 Å². The van der Waals surface area contributed by atoms with Crippen molar-refractivity contribution in [2.24, 2.45) is 0 Å². The molecule has 0 amide bonds.